The lowest BCUT2D eigenvalue weighted by Crippen LogP contribution is -2.16. The molecule has 1 heterocycles. The average Bonchev–Trinajstić information content (AvgIpc) is 2.89. The fourth-order valence-corrected chi connectivity index (χ4v) is 2.16. The Balaban J connectivity index is 2.27. The van der Waals surface area contributed by atoms with Gasteiger partial charge in [0, 0.05) is 5.56 Å². The third-order valence-corrected chi connectivity index (χ3v) is 3.31. The molecule has 2 aromatic rings. The van der Waals surface area contributed by atoms with Gasteiger partial charge in [0.2, 0.25) is 0 Å². The van der Waals surface area contributed by atoms with Crippen LogP contribution in [0.1, 0.15) is 25.6 Å². The standard InChI is InChI=1S/C15H18ClNO2/c1-4-17-10(2)13-7-8-14(19-13)11-5-6-12(16)15(9-11)18-3/h5-10,17H,4H2,1-3H3. The van der Waals surface area contributed by atoms with Gasteiger partial charge >= 0.3 is 0 Å². The van der Waals surface area contributed by atoms with Crippen molar-refractivity contribution in [1.29, 1.82) is 0 Å². The molecule has 0 aliphatic rings. The fraction of sp³-hybridized carbons (Fsp3) is 0.333. The largest absolute Gasteiger partial charge is 0.495 e. The highest BCUT2D eigenvalue weighted by Gasteiger charge is 2.11. The van der Waals surface area contributed by atoms with E-state index in [1.54, 1.807) is 7.11 Å². The monoisotopic (exact) mass is 279 g/mol. The maximum atomic E-state index is 6.02. The van der Waals surface area contributed by atoms with Crippen LogP contribution in [0.4, 0.5) is 0 Å². The molecule has 1 aromatic heterocycles. The molecule has 0 radical (unpaired) electrons. The lowest BCUT2D eigenvalue weighted by molar-refractivity contribution is 0.414. The van der Waals surface area contributed by atoms with Gasteiger partial charge in [0.05, 0.1) is 18.2 Å². The van der Waals surface area contributed by atoms with E-state index in [4.69, 9.17) is 20.8 Å². The van der Waals surface area contributed by atoms with Gasteiger partial charge in [-0.2, -0.15) is 0 Å². The van der Waals surface area contributed by atoms with E-state index < -0.39 is 0 Å². The number of nitrogens with one attached hydrogen (secondary N) is 1. The van der Waals surface area contributed by atoms with E-state index in [9.17, 15) is 0 Å². The second kappa shape index (κ2) is 6.13. The van der Waals surface area contributed by atoms with Gasteiger partial charge in [-0.15, -0.1) is 0 Å². The molecule has 19 heavy (non-hydrogen) atoms. The second-order valence-electron chi connectivity index (χ2n) is 4.33. The van der Waals surface area contributed by atoms with Crippen LogP contribution in [-0.2, 0) is 0 Å². The Morgan fingerprint density at radius 2 is 2.11 bits per heavy atom. The molecule has 2 rings (SSSR count). The Morgan fingerprint density at radius 3 is 2.79 bits per heavy atom. The highest BCUT2D eigenvalue weighted by molar-refractivity contribution is 6.32. The quantitative estimate of drug-likeness (QED) is 0.887. The zero-order valence-electron chi connectivity index (χ0n) is 11.4. The Labute approximate surface area is 118 Å². The molecule has 4 heteroatoms. The third-order valence-electron chi connectivity index (χ3n) is 3.00. The topological polar surface area (TPSA) is 34.4 Å². The van der Waals surface area contributed by atoms with Gasteiger partial charge in [0.25, 0.3) is 0 Å². The van der Waals surface area contributed by atoms with E-state index in [1.165, 1.54) is 0 Å². The number of halogens is 1. The molecular formula is C15H18ClNO2. The van der Waals surface area contributed by atoms with Crippen molar-refractivity contribution in [1.82, 2.24) is 5.32 Å². The third kappa shape index (κ3) is 3.11. The highest BCUT2D eigenvalue weighted by Crippen LogP contribution is 2.32. The smallest absolute Gasteiger partial charge is 0.138 e. The van der Waals surface area contributed by atoms with Crippen LogP contribution >= 0.6 is 11.6 Å². The van der Waals surface area contributed by atoms with Gasteiger partial charge in [0.15, 0.2) is 0 Å². The first-order valence-corrected chi connectivity index (χ1v) is 6.70. The van der Waals surface area contributed by atoms with Gasteiger partial charge in [-0.25, -0.2) is 0 Å². The summed E-state index contributed by atoms with van der Waals surface area (Å²) in [5.41, 5.74) is 0.955. The van der Waals surface area contributed by atoms with Gasteiger partial charge in [-0.1, -0.05) is 18.5 Å². The van der Waals surface area contributed by atoms with Crippen LogP contribution in [0.5, 0.6) is 5.75 Å². The molecule has 0 saturated heterocycles. The predicted octanol–water partition coefficient (Wildman–Crippen LogP) is 4.28. The van der Waals surface area contributed by atoms with E-state index in [2.05, 4.69) is 19.2 Å². The molecule has 0 aliphatic carbocycles. The molecule has 0 amide bonds. The lowest BCUT2D eigenvalue weighted by atomic mass is 10.1. The van der Waals surface area contributed by atoms with Gasteiger partial charge in [0.1, 0.15) is 17.3 Å². The van der Waals surface area contributed by atoms with Crippen molar-refractivity contribution in [3.8, 4) is 17.1 Å². The maximum Gasteiger partial charge on any atom is 0.138 e. The van der Waals surface area contributed by atoms with Crippen LogP contribution in [0.2, 0.25) is 5.02 Å². The summed E-state index contributed by atoms with van der Waals surface area (Å²) in [6.45, 7) is 5.06. The van der Waals surface area contributed by atoms with E-state index in [0.717, 1.165) is 23.6 Å². The van der Waals surface area contributed by atoms with E-state index in [1.807, 2.05) is 30.3 Å². The van der Waals surface area contributed by atoms with Crippen molar-refractivity contribution in [2.45, 2.75) is 19.9 Å². The highest BCUT2D eigenvalue weighted by atomic mass is 35.5. The number of furan rings is 1. The fourth-order valence-electron chi connectivity index (χ4n) is 1.96. The minimum Gasteiger partial charge on any atom is -0.495 e. The van der Waals surface area contributed by atoms with Crippen molar-refractivity contribution < 1.29 is 9.15 Å². The Bertz CT molecular complexity index is 551. The van der Waals surface area contributed by atoms with Crippen molar-refractivity contribution in [3.63, 3.8) is 0 Å². The van der Waals surface area contributed by atoms with Crippen LogP contribution in [0, 0.1) is 0 Å². The molecule has 0 saturated carbocycles. The molecule has 102 valence electrons. The number of benzene rings is 1. The minimum absolute atomic E-state index is 0.202. The number of hydrogen-bond acceptors (Lipinski definition) is 3. The SMILES string of the molecule is CCNC(C)c1ccc(-c2ccc(Cl)c(OC)c2)o1. The first kappa shape index (κ1) is 14.0. The zero-order chi connectivity index (χ0) is 13.8. The van der Waals surface area contributed by atoms with Crippen molar-refractivity contribution in [3.05, 3.63) is 41.1 Å². The minimum atomic E-state index is 0.202. The van der Waals surface area contributed by atoms with Crippen LogP contribution < -0.4 is 10.1 Å². The second-order valence-corrected chi connectivity index (χ2v) is 4.74. The van der Waals surface area contributed by atoms with Crippen molar-refractivity contribution in [2.24, 2.45) is 0 Å². The molecule has 1 aromatic carbocycles. The summed E-state index contributed by atoms with van der Waals surface area (Å²) in [4.78, 5) is 0. The van der Waals surface area contributed by atoms with Crippen LogP contribution in [0.25, 0.3) is 11.3 Å². The maximum absolute atomic E-state index is 6.02. The van der Waals surface area contributed by atoms with Gasteiger partial charge in [-0.05, 0) is 43.8 Å². The zero-order valence-corrected chi connectivity index (χ0v) is 12.1. The lowest BCUT2D eigenvalue weighted by Gasteiger charge is -2.09. The van der Waals surface area contributed by atoms with E-state index >= 15 is 0 Å². The Morgan fingerprint density at radius 1 is 1.32 bits per heavy atom. The number of methoxy groups -OCH3 is 1. The van der Waals surface area contributed by atoms with Gasteiger partial charge in [-0.3, -0.25) is 0 Å². The summed E-state index contributed by atoms with van der Waals surface area (Å²) in [5, 5.41) is 3.92. The van der Waals surface area contributed by atoms with Crippen molar-refractivity contribution >= 4 is 11.6 Å². The van der Waals surface area contributed by atoms with Gasteiger partial charge < -0.3 is 14.5 Å². The Hall–Kier alpha value is -1.45. The molecule has 0 fully saturated rings. The van der Waals surface area contributed by atoms with E-state index in [-0.39, 0.29) is 6.04 Å². The van der Waals surface area contributed by atoms with Crippen LogP contribution in [0.3, 0.4) is 0 Å². The first-order chi connectivity index (χ1) is 9.15. The molecule has 0 spiro atoms. The normalized spacial score (nSPS) is 12.4. The van der Waals surface area contributed by atoms with Crippen molar-refractivity contribution in [2.75, 3.05) is 13.7 Å². The summed E-state index contributed by atoms with van der Waals surface area (Å²) in [7, 11) is 1.60. The summed E-state index contributed by atoms with van der Waals surface area (Å²) in [6.07, 6.45) is 0. The molecule has 1 N–H and O–H groups in total. The predicted molar refractivity (Wildman–Crippen MR) is 77.8 cm³/mol. The van der Waals surface area contributed by atoms with E-state index in [0.29, 0.717) is 10.8 Å². The first-order valence-electron chi connectivity index (χ1n) is 6.32. The molecule has 1 atom stereocenters. The summed E-state index contributed by atoms with van der Waals surface area (Å²) < 4.78 is 11.1. The van der Waals surface area contributed by atoms with Crippen LogP contribution in [-0.4, -0.2) is 13.7 Å². The Kier molecular flexibility index (Phi) is 4.51. The summed E-state index contributed by atoms with van der Waals surface area (Å²) in [5.74, 6) is 2.39. The molecule has 1 unspecified atom stereocenters. The average molecular weight is 280 g/mol. The summed E-state index contributed by atoms with van der Waals surface area (Å²) in [6, 6.07) is 9.77. The number of ether oxygens (including phenoxy) is 1. The molecule has 0 aliphatic heterocycles. The number of hydrogen-bond donors (Lipinski definition) is 1. The number of rotatable bonds is 5. The summed E-state index contributed by atoms with van der Waals surface area (Å²) >= 11 is 6.02. The van der Waals surface area contributed by atoms with Crippen LogP contribution in [0.15, 0.2) is 34.7 Å². The molecule has 3 nitrogen and oxygen atoms in total. The molecule has 0 bridgehead atoms. The molecular weight excluding hydrogens is 262 g/mol.